The summed E-state index contributed by atoms with van der Waals surface area (Å²) in [4.78, 5) is 11.1. The predicted molar refractivity (Wildman–Crippen MR) is 77.8 cm³/mol. The molecule has 5 nitrogen and oxygen atoms in total. The number of hydrogen-bond acceptors (Lipinski definition) is 5. The number of rotatable bonds is 6. The minimum Gasteiger partial charge on any atom is -0.379 e. The Morgan fingerprint density at radius 2 is 2.26 bits per heavy atom. The van der Waals surface area contributed by atoms with Crippen LogP contribution in [0.4, 0.5) is 11.6 Å². The van der Waals surface area contributed by atoms with Gasteiger partial charge in [-0.25, -0.2) is 9.97 Å². The predicted octanol–water partition coefficient (Wildman–Crippen LogP) is 2.09. The first-order valence-electron chi connectivity index (χ1n) is 7.16. The number of ether oxygens (including phenoxy) is 1. The highest BCUT2D eigenvalue weighted by Crippen LogP contribution is 2.27. The van der Waals surface area contributed by atoms with E-state index < -0.39 is 0 Å². The normalized spacial score (nSPS) is 18.6. The van der Waals surface area contributed by atoms with E-state index in [1.807, 2.05) is 0 Å². The lowest BCUT2D eigenvalue weighted by Crippen LogP contribution is -2.33. The number of hydrogen-bond donors (Lipinski definition) is 1. The van der Waals surface area contributed by atoms with Crippen molar-refractivity contribution in [3.63, 3.8) is 0 Å². The Kier molecular flexibility index (Phi) is 4.96. The molecule has 19 heavy (non-hydrogen) atoms. The first-order valence-corrected chi connectivity index (χ1v) is 7.16. The van der Waals surface area contributed by atoms with Gasteiger partial charge in [0.05, 0.1) is 12.6 Å². The van der Waals surface area contributed by atoms with Gasteiger partial charge in [0, 0.05) is 25.8 Å². The summed E-state index contributed by atoms with van der Waals surface area (Å²) in [5.74, 6) is 2.02. The molecule has 0 aromatic carbocycles. The fourth-order valence-corrected chi connectivity index (χ4v) is 2.51. The SMILES string of the molecule is CCCc1c(NCC)ncnc1N(C)C1CCOC1. The zero-order valence-electron chi connectivity index (χ0n) is 12.1. The van der Waals surface area contributed by atoms with E-state index in [9.17, 15) is 0 Å². The van der Waals surface area contributed by atoms with E-state index >= 15 is 0 Å². The molecule has 5 heteroatoms. The Labute approximate surface area is 115 Å². The van der Waals surface area contributed by atoms with Gasteiger partial charge >= 0.3 is 0 Å². The van der Waals surface area contributed by atoms with Gasteiger partial charge in [0.2, 0.25) is 0 Å². The lowest BCUT2D eigenvalue weighted by Gasteiger charge is -2.27. The van der Waals surface area contributed by atoms with Crippen LogP contribution >= 0.6 is 0 Å². The molecule has 106 valence electrons. The van der Waals surface area contributed by atoms with E-state index in [1.165, 1.54) is 5.56 Å². The van der Waals surface area contributed by atoms with Crippen LogP contribution in [0.5, 0.6) is 0 Å². The van der Waals surface area contributed by atoms with E-state index in [2.05, 4.69) is 41.1 Å². The van der Waals surface area contributed by atoms with Gasteiger partial charge in [0.15, 0.2) is 0 Å². The van der Waals surface area contributed by atoms with Crippen LogP contribution in [-0.4, -0.2) is 42.8 Å². The summed E-state index contributed by atoms with van der Waals surface area (Å²) in [7, 11) is 2.11. The summed E-state index contributed by atoms with van der Waals surface area (Å²) < 4.78 is 5.48. The Bertz CT molecular complexity index is 404. The topological polar surface area (TPSA) is 50.3 Å². The fourth-order valence-electron chi connectivity index (χ4n) is 2.51. The third kappa shape index (κ3) is 3.15. The number of likely N-dealkylation sites (N-methyl/N-ethyl adjacent to an activating group) is 1. The Morgan fingerprint density at radius 3 is 2.89 bits per heavy atom. The van der Waals surface area contributed by atoms with Crippen molar-refractivity contribution < 1.29 is 4.74 Å². The molecule has 2 heterocycles. The second-order valence-electron chi connectivity index (χ2n) is 4.93. The molecule has 1 atom stereocenters. The Morgan fingerprint density at radius 1 is 1.42 bits per heavy atom. The van der Waals surface area contributed by atoms with Crippen LogP contribution in [0.3, 0.4) is 0 Å². The van der Waals surface area contributed by atoms with E-state index in [0.29, 0.717) is 6.04 Å². The minimum atomic E-state index is 0.431. The Hall–Kier alpha value is -1.36. The van der Waals surface area contributed by atoms with Crippen molar-refractivity contribution in [1.29, 1.82) is 0 Å². The van der Waals surface area contributed by atoms with Gasteiger partial charge in [-0.3, -0.25) is 0 Å². The zero-order chi connectivity index (χ0) is 13.7. The zero-order valence-corrected chi connectivity index (χ0v) is 12.1. The van der Waals surface area contributed by atoms with E-state index in [4.69, 9.17) is 4.74 Å². The molecule has 2 rings (SSSR count). The molecular formula is C14H24N4O. The van der Waals surface area contributed by atoms with Crippen LogP contribution in [0.25, 0.3) is 0 Å². The number of nitrogens with zero attached hydrogens (tertiary/aromatic N) is 3. The standard InChI is InChI=1S/C14H24N4O/c1-4-6-12-13(15-5-2)16-10-17-14(12)18(3)11-7-8-19-9-11/h10-11H,4-9H2,1-3H3,(H,15,16,17). The van der Waals surface area contributed by atoms with Crippen LogP contribution in [0.2, 0.25) is 0 Å². The monoisotopic (exact) mass is 264 g/mol. The third-order valence-corrected chi connectivity index (χ3v) is 3.55. The minimum absolute atomic E-state index is 0.431. The average Bonchev–Trinajstić information content (AvgIpc) is 2.94. The van der Waals surface area contributed by atoms with Crippen molar-refractivity contribution in [2.24, 2.45) is 0 Å². The van der Waals surface area contributed by atoms with Gasteiger partial charge in [-0.05, 0) is 19.8 Å². The van der Waals surface area contributed by atoms with Gasteiger partial charge in [-0.2, -0.15) is 0 Å². The van der Waals surface area contributed by atoms with Gasteiger partial charge in [-0.15, -0.1) is 0 Å². The average molecular weight is 264 g/mol. The maximum Gasteiger partial charge on any atom is 0.137 e. The molecule has 1 N–H and O–H groups in total. The quantitative estimate of drug-likeness (QED) is 0.852. The molecule has 0 aliphatic carbocycles. The second-order valence-corrected chi connectivity index (χ2v) is 4.93. The van der Waals surface area contributed by atoms with Crippen LogP contribution < -0.4 is 10.2 Å². The fraction of sp³-hybridized carbons (Fsp3) is 0.714. The molecule has 1 fully saturated rings. The van der Waals surface area contributed by atoms with Crippen molar-refractivity contribution in [2.75, 3.05) is 37.0 Å². The molecule has 1 aliphatic heterocycles. The molecule has 1 unspecified atom stereocenters. The molecular weight excluding hydrogens is 240 g/mol. The summed E-state index contributed by atoms with van der Waals surface area (Å²) in [5, 5.41) is 3.34. The first-order chi connectivity index (χ1) is 9.27. The summed E-state index contributed by atoms with van der Waals surface area (Å²) in [5.41, 5.74) is 1.22. The van der Waals surface area contributed by atoms with Crippen LogP contribution in [0, 0.1) is 0 Å². The maximum absolute atomic E-state index is 5.48. The molecule has 0 amide bonds. The first kappa shape index (κ1) is 14.1. The largest absolute Gasteiger partial charge is 0.379 e. The van der Waals surface area contributed by atoms with Crippen molar-refractivity contribution >= 4 is 11.6 Å². The molecule has 1 saturated heterocycles. The van der Waals surface area contributed by atoms with Gasteiger partial charge in [0.25, 0.3) is 0 Å². The van der Waals surface area contributed by atoms with E-state index in [0.717, 1.165) is 50.7 Å². The second kappa shape index (κ2) is 6.70. The molecule has 1 aromatic heterocycles. The van der Waals surface area contributed by atoms with Crippen LogP contribution in [0.1, 0.15) is 32.3 Å². The lowest BCUT2D eigenvalue weighted by atomic mass is 10.1. The number of nitrogens with one attached hydrogen (secondary N) is 1. The highest BCUT2D eigenvalue weighted by molar-refractivity contribution is 5.59. The molecule has 0 spiro atoms. The lowest BCUT2D eigenvalue weighted by molar-refractivity contribution is 0.193. The molecule has 0 saturated carbocycles. The van der Waals surface area contributed by atoms with Gasteiger partial charge in [0.1, 0.15) is 18.0 Å². The summed E-state index contributed by atoms with van der Waals surface area (Å²) in [6.07, 6.45) is 4.81. The molecule has 0 radical (unpaired) electrons. The van der Waals surface area contributed by atoms with E-state index in [1.54, 1.807) is 6.33 Å². The molecule has 1 aliphatic rings. The Balaban J connectivity index is 2.28. The van der Waals surface area contributed by atoms with Gasteiger partial charge in [-0.1, -0.05) is 13.3 Å². The van der Waals surface area contributed by atoms with E-state index in [-0.39, 0.29) is 0 Å². The number of aromatic nitrogens is 2. The molecule has 1 aromatic rings. The maximum atomic E-state index is 5.48. The van der Waals surface area contributed by atoms with Crippen LogP contribution in [-0.2, 0) is 11.2 Å². The van der Waals surface area contributed by atoms with Crippen molar-refractivity contribution in [2.45, 2.75) is 39.2 Å². The van der Waals surface area contributed by atoms with Crippen molar-refractivity contribution in [3.05, 3.63) is 11.9 Å². The smallest absolute Gasteiger partial charge is 0.137 e. The van der Waals surface area contributed by atoms with Crippen molar-refractivity contribution in [3.8, 4) is 0 Å². The third-order valence-electron chi connectivity index (χ3n) is 3.55. The van der Waals surface area contributed by atoms with Crippen molar-refractivity contribution in [1.82, 2.24) is 9.97 Å². The summed E-state index contributed by atoms with van der Waals surface area (Å²) in [6.45, 7) is 6.80. The highest BCUT2D eigenvalue weighted by atomic mass is 16.5. The number of anilines is 2. The summed E-state index contributed by atoms with van der Waals surface area (Å²) >= 11 is 0. The summed E-state index contributed by atoms with van der Waals surface area (Å²) in [6, 6.07) is 0.431. The highest BCUT2D eigenvalue weighted by Gasteiger charge is 2.24. The van der Waals surface area contributed by atoms with Crippen LogP contribution in [0.15, 0.2) is 6.33 Å². The molecule has 0 bridgehead atoms. The van der Waals surface area contributed by atoms with Gasteiger partial charge < -0.3 is 15.0 Å².